The van der Waals surface area contributed by atoms with E-state index < -0.39 is 12.1 Å². The second kappa shape index (κ2) is 6.65. The van der Waals surface area contributed by atoms with E-state index in [0.717, 1.165) is 10.2 Å². The molecule has 0 aromatic carbocycles. The van der Waals surface area contributed by atoms with Crippen LogP contribution < -0.4 is 4.90 Å². The predicted molar refractivity (Wildman–Crippen MR) is 76.6 cm³/mol. The molecule has 1 saturated heterocycles. The molecule has 1 aliphatic rings. The van der Waals surface area contributed by atoms with E-state index >= 15 is 0 Å². The molecule has 0 aliphatic carbocycles. The third-order valence-electron chi connectivity index (χ3n) is 2.59. The summed E-state index contributed by atoms with van der Waals surface area (Å²) in [5, 5.41) is 3.94. The topological polar surface area (TPSA) is 76.9 Å². The quantitative estimate of drug-likeness (QED) is 0.594. The number of halogens is 1. The van der Waals surface area contributed by atoms with E-state index in [0.29, 0.717) is 25.6 Å². The second-order valence-corrected chi connectivity index (χ2v) is 5.13. The summed E-state index contributed by atoms with van der Waals surface area (Å²) >= 11 is 3.28. The van der Waals surface area contributed by atoms with Gasteiger partial charge in [0.2, 0.25) is 12.1 Å². The lowest BCUT2D eigenvalue weighted by Crippen LogP contribution is -2.48. The van der Waals surface area contributed by atoms with Gasteiger partial charge in [-0.15, -0.1) is 0 Å². The van der Waals surface area contributed by atoms with Gasteiger partial charge in [0.05, 0.1) is 29.9 Å². The molecule has 1 aromatic heterocycles. The van der Waals surface area contributed by atoms with Gasteiger partial charge in [-0.25, -0.2) is 14.8 Å². The Morgan fingerprint density at radius 2 is 2.15 bits per heavy atom. The van der Waals surface area contributed by atoms with Crippen LogP contribution in [0.25, 0.3) is 0 Å². The van der Waals surface area contributed by atoms with Crippen LogP contribution in [0.1, 0.15) is 13.8 Å². The number of anilines is 1. The summed E-state index contributed by atoms with van der Waals surface area (Å²) in [7, 11) is 0. The minimum Gasteiger partial charge on any atom is -0.463 e. The molecule has 0 amide bonds. The summed E-state index contributed by atoms with van der Waals surface area (Å²) in [5.74, 6) is 0.231. The molecule has 2 heterocycles. The first-order valence-corrected chi connectivity index (χ1v) is 7.00. The fourth-order valence-electron chi connectivity index (χ4n) is 1.52. The molecule has 1 aliphatic heterocycles. The Balaban J connectivity index is 1.79. The fourth-order valence-corrected chi connectivity index (χ4v) is 1.72. The number of nitrogens with zero attached hydrogens (tertiary/aromatic N) is 4. The maximum Gasteiger partial charge on any atom is 0.349 e. The maximum atomic E-state index is 11.3. The molecule has 8 heteroatoms. The lowest BCUT2D eigenvalue weighted by Gasteiger charge is -2.31. The van der Waals surface area contributed by atoms with Crippen LogP contribution in [0.3, 0.4) is 0 Å². The molecule has 0 saturated carbocycles. The Bertz CT molecular complexity index is 498. The average Bonchev–Trinajstić information content (AvgIpc) is 2.39. The summed E-state index contributed by atoms with van der Waals surface area (Å²) in [6, 6.07) is 0. The molecule has 20 heavy (non-hydrogen) atoms. The number of rotatable bonds is 5. The first-order valence-electron chi connectivity index (χ1n) is 6.21. The van der Waals surface area contributed by atoms with Crippen molar-refractivity contribution in [2.24, 2.45) is 5.16 Å². The number of hydrogen-bond acceptors (Lipinski definition) is 7. The minimum atomic E-state index is -0.694. The van der Waals surface area contributed by atoms with Crippen molar-refractivity contribution in [3.05, 3.63) is 16.9 Å². The van der Waals surface area contributed by atoms with Gasteiger partial charge in [-0.1, -0.05) is 5.16 Å². The Labute approximate surface area is 125 Å². The third-order valence-corrected chi connectivity index (χ3v) is 3.00. The average molecular weight is 343 g/mol. The summed E-state index contributed by atoms with van der Waals surface area (Å²) in [5.41, 5.74) is 0.840. The van der Waals surface area contributed by atoms with E-state index in [2.05, 4.69) is 31.1 Å². The van der Waals surface area contributed by atoms with Crippen molar-refractivity contribution in [3.63, 3.8) is 0 Å². The maximum absolute atomic E-state index is 11.3. The minimum absolute atomic E-state index is 0.331. The van der Waals surface area contributed by atoms with Crippen molar-refractivity contribution in [2.75, 3.05) is 24.6 Å². The number of carbonyl (C=O) groups is 1. The van der Waals surface area contributed by atoms with Crippen LogP contribution >= 0.6 is 15.9 Å². The van der Waals surface area contributed by atoms with Crippen LogP contribution in [0.5, 0.6) is 0 Å². The fraction of sp³-hybridized carbons (Fsp3) is 0.500. The molecule has 108 valence electrons. The number of hydrogen-bond donors (Lipinski definition) is 0. The van der Waals surface area contributed by atoms with Crippen molar-refractivity contribution in [1.29, 1.82) is 0 Å². The molecule has 0 bridgehead atoms. The molecule has 1 atom stereocenters. The summed E-state index contributed by atoms with van der Waals surface area (Å²) in [6.07, 6.45) is 2.69. The van der Waals surface area contributed by atoms with Crippen molar-refractivity contribution >= 4 is 33.6 Å². The first kappa shape index (κ1) is 14.7. The SMILES string of the molecule is CCOC(=O)C(C)ON=C1CN(c2ncc(Br)cn2)C1. The van der Waals surface area contributed by atoms with Crippen molar-refractivity contribution < 1.29 is 14.4 Å². The highest BCUT2D eigenvalue weighted by Crippen LogP contribution is 2.16. The zero-order valence-electron chi connectivity index (χ0n) is 11.2. The monoisotopic (exact) mass is 342 g/mol. The Morgan fingerprint density at radius 3 is 2.75 bits per heavy atom. The predicted octanol–water partition coefficient (Wildman–Crippen LogP) is 1.38. The van der Waals surface area contributed by atoms with Gasteiger partial charge in [0.1, 0.15) is 0 Å². The largest absolute Gasteiger partial charge is 0.463 e. The third kappa shape index (κ3) is 3.66. The Kier molecular flexibility index (Phi) is 4.89. The van der Waals surface area contributed by atoms with Crippen LogP contribution in [0, 0.1) is 0 Å². The smallest absolute Gasteiger partial charge is 0.349 e. The Hall–Kier alpha value is -1.70. The summed E-state index contributed by atoms with van der Waals surface area (Å²) in [6.45, 7) is 4.88. The highest BCUT2D eigenvalue weighted by molar-refractivity contribution is 9.10. The molecule has 7 nitrogen and oxygen atoms in total. The highest BCUT2D eigenvalue weighted by Gasteiger charge is 2.25. The second-order valence-electron chi connectivity index (χ2n) is 4.21. The van der Waals surface area contributed by atoms with Gasteiger partial charge in [-0.3, -0.25) is 0 Å². The van der Waals surface area contributed by atoms with E-state index in [4.69, 9.17) is 9.57 Å². The van der Waals surface area contributed by atoms with Gasteiger partial charge in [0.15, 0.2) is 0 Å². The zero-order chi connectivity index (χ0) is 14.5. The molecular formula is C12H15BrN4O3. The number of aromatic nitrogens is 2. The normalized spacial score (nSPS) is 15.3. The number of ether oxygens (including phenoxy) is 1. The molecule has 1 aromatic rings. The zero-order valence-corrected chi connectivity index (χ0v) is 12.8. The Morgan fingerprint density at radius 1 is 1.50 bits per heavy atom. The van der Waals surface area contributed by atoms with Gasteiger partial charge >= 0.3 is 5.97 Å². The highest BCUT2D eigenvalue weighted by atomic mass is 79.9. The van der Waals surface area contributed by atoms with E-state index in [9.17, 15) is 4.79 Å². The molecule has 0 radical (unpaired) electrons. The molecule has 1 unspecified atom stereocenters. The van der Waals surface area contributed by atoms with Crippen LogP contribution in [0.15, 0.2) is 22.0 Å². The van der Waals surface area contributed by atoms with E-state index in [-0.39, 0.29) is 0 Å². The lowest BCUT2D eigenvalue weighted by atomic mass is 10.2. The number of esters is 1. The van der Waals surface area contributed by atoms with Crippen molar-refractivity contribution in [1.82, 2.24) is 9.97 Å². The number of oxime groups is 1. The van der Waals surface area contributed by atoms with Crippen molar-refractivity contribution in [2.45, 2.75) is 20.0 Å². The van der Waals surface area contributed by atoms with Gasteiger partial charge in [-0.2, -0.15) is 0 Å². The van der Waals surface area contributed by atoms with Crippen LogP contribution in [-0.2, 0) is 14.4 Å². The van der Waals surface area contributed by atoms with E-state index in [1.807, 2.05) is 4.90 Å². The standard InChI is InChI=1S/C12H15BrN4O3/c1-3-19-11(18)8(2)20-16-10-6-17(7-10)12-14-4-9(13)5-15-12/h4-5,8H,3,6-7H2,1-2H3. The van der Waals surface area contributed by atoms with Crippen LogP contribution in [0.4, 0.5) is 5.95 Å². The van der Waals surface area contributed by atoms with Gasteiger partial charge in [-0.05, 0) is 29.8 Å². The van der Waals surface area contributed by atoms with Gasteiger partial charge < -0.3 is 14.5 Å². The molecule has 2 rings (SSSR count). The summed E-state index contributed by atoms with van der Waals surface area (Å²) in [4.78, 5) is 26.7. The first-order chi connectivity index (χ1) is 9.60. The van der Waals surface area contributed by atoms with E-state index in [1.165, 1.54) is 0 Å². The van der Waals surface area contributed by atoms with Gasteiger partial charge in [0, 0.05) is 12.4 Å². The van der Waals surface area contributed by atoms with Gasteiger partial charge in [0.25, 0.3) is 0 Å². The lowest BCUT2D eigenvalue weighted by molar-refractivity contribution is -0.155. The number of carbonyl (C=O) groups excluding carboxylic acids is 1. The van der Waals surface area contributed by atoms with Crippen molar-refractivity contribution in [3.8, 4) is 0 Å². The van der Waals surface area contributed by atoms with Crippen LogP contribution in [-0.4, -0.2) is 47.4 Å². The molecule has 0 spiro atoms. The summed E-state index contributed by atoms with van der Waals surface area (Å²) < 4.78 is 5.66. The molecular weight excluding hydrogens is 328 g/mol. The molecule has 0 N–H and O–H groups in total. The molecule has 1 fully saturated rings. The van der Waals surface area contributed by atoms with E-state index in [1.54, 1.807) is 26.2 Å². The van der Waals surface area contributed by atoms with Crippen LogP contribution in [0.2, 0.25) is 0 Å².